The third kappa shape index (κ3) is 8.77. The second kappa shape index (κ2) is 5.55. The molecule has 0 aromatic carbocycles. The zero-order valence-corrected chi connectivity index (χ0v) is 6.25. The Bertz CT molecular complexity index is 185. The minimum absolute atomic E-state index is 0.927. The van der Waals surface area contributed by atoms with Crippen molar-refractivity contribution in [1.29, 1.82) is 0 Å². The van der Waals surface area contributed by atoms with Crippen LogP contribution in [0.25, 0.3) is 0 Å². The largest absolute Gasteiger partial charge is 0.478 e. The van der Waals surface area contributed by atoms with E-state index in [-0.39, 0.29) is 0 Å². The number of carboxylic acid groups (broad SMARTS) is 2. The lowest BCUT2D eigenvalue weighted by atomic mass is 10.7. The summed E-state index contributed by atoms with van der Waals surface area (Å²) >= 11 is 0.987. The normalized spacial score (nSPS) is 10.9. The highest BCUT2D eigenvalue weighted by Gasteiger charge is 1.84. The van der Waals surface area contributed by atoms with Gasteiger partial charge in [-0.05, 0) is 10.8 Å². The van der Waals surface area contributed by atoms with E-state index in [1.54, 1.807) is 0 Å². The fourth-order valence-electron chi connectivity index (χ4n) is 0.240. The maximum absolute atomic E-state index is 9.86. The monoisotopic (exact) mass is 174 g/mol. The predicted molar refractivity (Wildman–Crippen MR) is 41.1 cm³/mol. The molecular formula is C6H6O4S. The molecule has 0 rings (SSSR count). The molecular weight excluding hydrogens is 168 g/mol. The number of carbonyl (C=O) groups is 2. The molecule has 0 aliphatic carbocycles. The lowest BCUT2D eigenvalue weighted by molar-refractivity contribution is -0.132. The molecule has 0 saturated heterocycles. The molecule has 0 saturated carbocycles. The first-order chi connectivity index (χ1) is 5.13. The van der Waals surface area contributed by atoms with Crippen molar-refractivity contribution in [2.75, 3.05) is 0 Å². The molecule has 0 unspecified atom stereocenters. The number of thioether (sulfide) groups is 1. The van der Waals surface area contributed by atoms with Crippen LogP contribution in [0.5, 0.6) is 0 Å². The van der Waals surface area contributed by atoms with Gasteiger partial charge in [-0.3, -0.25) is 0 Å². The fourth-order valence-corrected chi connectivity index (χ4v) is 0.721. The highest BCUT2D eigenvalue weighted by molar-refractivity contribution is 8.04. The van der Waals surface area contributed by atoms with Crippen molar-refractivity contribution in [3.05, 3.63) is 23.0 Å². The Hall–Kier alpha value is -1.23. The molecule has 5 heteroatoms. The molecule has 0 spiro atoms. The van der Waals surface area contributed by atoms with E-state index in [1.807, 2.05) is 0 Å². The van der Waals surface area contributed by atoms with Gasteiger partial charge in [-0.15, -0.1) is 11.8 Å². The van der Waals surface area contributed by atoms with E-state index < -0.39 is 11.9 Å². The molecule has 0 atom stereocenters. The summed E-state index contributed by atoms with van der Waals surface area (Å²) in [6.45, 7) is 0. The van der Waals surface area contributed by atoms with E-state index in [0.717, 1.165) is 23.9 Å². The van der Waals surface area contributed by atoms with E-state index >= 15 is 0 Å². The molecule has 11 heavy (non-hydrogen) atoms. The number of aliphatic carboxylic acids is 2. The van der Waals surface area contributed by atoms with Crippen LogP contribution in [0.4, 0.5) is 0 Å². The van der Waals surface area contributed by atoms with Crippen molar-refractivity contribution in [2.24, 2.45) is 0 Å². The lowest BCUT2D eigenvalue weighted by Crippen LogP contribution is -1.85. The van der Waals surface area contributed by atoms with Gasteiger partial charge in [0.1, 0.15) is 0 Å². The Kier molecular flexibility index (Phi) is 4.93. The average Bonchev–Trinajstić information content (AvgIpc) is 1.85. The van der Waals surface area contributed by atoms with E-state index in [9.17, 15) is 9.59 Å². The highest BCUT2D eigenvalue weighted by atomic mass is 32.2. The summed E-state index contributed by atoms with van der Waals surface area (Å²) in [5.41, 5.74) is 0. The summed E-state index contributed by atoms with van der Waals surface area (Å²) < 4.78 is 0. The van der Waals surface area contributed by atoms with Gasteiger partial charge in [0, 0.05) is 12.2 Å². The third-order valence-corrected chi connectivity index (χ3v) is 1.16. The van der Waals surface area contributed by atoms with Crippen molar-refractivity contribution in [3.63, 3.8) is 0 Å². The van der Waals surface area contributed by atoms with Crippen LogP contribution < -0.4 is 0 Å². The van der Waals surface area contributed by atoms with Gasteiger partial charge >= 0.3 is 11.9 Å². The Labute approximate surface area is 67.2 Å². The standard InChI is InChI=1S/C6H6O4S/c7-5(8)1-3-11-4-2-6(9)10/h1-4H,(H,7,8)(H,9,10)/b3-1-,4-2-. The van der Waals surface area contributed by atoms with Gasteiger partial charge in [-0.25, -0.2) is 9.59 Å². The second-order valence-corrected chi connectivity index (χ2v) is 2.23. The SMILES string of the molecule is O=C(O)/C=C\S/C=C\C(=O)O. The van der Waals surface area contributed by atoms with E-state index in [2.05, 4.69) is 0 Å². The van der Waals surface area contributed by atoms with Crippen LogP contribution in [0.1, 0.15) is 0 Å². The molecule has 0 aliphatic heterocycles. The minimum atomic E-state index is -1.05. The van der Waals surface area contributed by atoms with Crippen LogP contribution >= 0.6 is 11.8 Å². The molecule has 2 N–H and O–H groups in total. The van der Waals surface area contributed by atoms with Gasteiger partial charge in [0.05, 0.1) is 0 Å². The maximum atomic E-state index is 9.86. The molecule has 0 aromatic rings. The number of hydrogen-bond acceptors (Lipinski definition) is 3. The molecule has 0 aromatic heterocycles. The molecule has 0 bridgehead atoms. The number of hydrogen-bond donors (Lipinski definition) is 2. The molecule has 0 heterocycles. The van der Waals surface area contributed by atoms with E-state index in [1.165, 1.54) is 10.8 Å². The summed E-state index contributed by atoms with van der Waals surface area (Å²) in [5, 5.41) is 18.7. The predicted octanol–water partition coefficient (Wildman–Crippen LogP) is 0.916. The quantitative estimate of drug-likeness (QED) is 0.620. The summed E-state index contributed by atoms with van der Waals surface area (Å²) in [5.74, 6) is -2.11. The Balaban J connectivity index is 3.57. The van der Waals surface area contributed by atoms with Gasteiger partial charge in [0.15, 0.2) is 0 Å². The first-order valence-corrected chi connectivity index (χ1v) is 3.51. The molecule has 4 nitrogen and oxygen atoms in total. The lowest BCUT2D eigenvalue weighted by Gasteiger charge is -1.79. The van der Waals surface area contributed by atoms with Gasteiger partial charge in [0.2, 0.25) is 0 Å². The first kappa shape index (κ1) is 9.77. The van der Waals surface area contributed by atoms with Gasteiger partial charge in [-0.1, -0.05) is 0 Å². The molecule has 0 amide bonds. The molecule has 0 aliphatic rings. The van der Waals surface area contributed by atoms with Gasteiger partial charge in [0.25, 0.3) is 0 Å². The number of carboxylic acids is 2. The van der Waals surface area contributed by atoms with Crippen LogP contribution in [0.2, 0.25) is 0 Å². The average molecular weight is 174 g/mol. The van der Waals surface area contributed by atoms with Gasteiger partial charge < -0.3 is 10.2 Å². The van der Waals surface area contributed by atoms with Crippen LogP contribution in [0, 0.1) is 0 Å². The van der Waals surface area contributed by atoms with E-state index in [0.29, 0.717) is 0 Å². The van der Waals surface area contributed by atoms with Crippen molar-refractivity contribution in [3.8, 4) is 0 Å². The summed E-state index contributed by atoms with van der Waals surface area (Å²) in [4.78, 5) is 19.7. The second-order valence-electron chi connectivity index (χ2n) is 1.42. The first-order valence-electron chi connectivity index (χ1n) is 2.57. The number of rotatable bonds is 4. The topological polar surface area (TPSA) is 74.6 Å². The summed E-state index contributed by atoms with van der Waals surface area (Å²) in [7, 11) is 0. The summed E-state index contributed by atoms with van der Waals surface area (Å²) in [6, 6.07) is 0. The Morgan fingerprint density at radius 3 is 1.64 bits per heavy atom. The molecule has 0 fully saturated rings. The van der Waals surface area contributed by atoms with Crippen molar-refractivity contribution >= 4 is 23.7 Å². The van der Waals surface area contributed by atoms with Crippen LogP contribution in [0.3, 0.4) is 0 Å². The van der Waals surface area contributed by atoms with Crippen LogP contribution in [-0.4, -0.2) is 22.2 Å². The smallest absolute Gasteiger partial charge is 0.328 e. The Morgan fingerprint density at radius 2 is 1.36 bits per heavy atom. The third-order valence-electron chi connectivity index (χ3n) is 0.578. The maximum Gasteiger partial charge on any atom is 0.328 e. The van der Waals surface area contributed by atoms with Gasteiger partial charge in [-0.2, -0.15) is 0 Å². The highest BCUT2D eigenvalue weighted by Crippen LogP contribution is 2.02. The zero-order chi connectivity index (χ0) is 8.69. The van der Waals surface area contributed by atoms with E-state index in [4.69, 9.17) is 10.2 Å². The molecule has 0 radical (unpaired) electrons. The summed E-state index contributed by atoms with van der Waals surface area (Å²) in [6.07, 6.45) is 1.85. The fraction of sp³-hybridized carbons (Fsp3) is 0. The van der Waals surface area contributed by atoms with Crippen molar-refractivity contribution < 1.29 is 19.8 Å². The van der Waals surface area contributed by atoms with Crippen molar-refractivity contribution in [2.45, 2.75) is 0 Å². The minimum Gasteiger partial charge on any atom is -0.478 e. The zero-order valence-electron chi connectivity index (χ0n) is 5.43. The Morgan fingerprint density at radius 1 is 1.00 bits per heavy atom. The van der Waals surface area contributed by atoms with Crippen molar-refractivity contribution in [1.82, 2.24) is 0 Å². The van der Waals surface area contributed by atoms with Crippen LogP contribution in [-0.2, 0) is 9.59 Å². The van der Waals surface area contributed by atoms with Crippen LogP contribution in [0.15, 0.2) is 23.0 Å². The molecule has 60 valence electrons.